The molecule has 0 spiro atoms. The van der Waals surface area contributed by atoms with Gasteiger partial charge in [0.05, 0.1) is 12.7 Å². The molecule has 1 saturated carbocycles. The van der Waals surface area contributed by atoms with Crippen molar-refractivity contribution >= 4 is 0 Å². The quantitative estimate of drug-likeness (QED) is 0.819. The van der Waals surface area contributed by atoms with Crippen LogP contribution >= 0.6 is 0 Å². The van der Waals surface area contributed by atoms with Crippen molar-refractivity contribution in [3.05, 3.63) is 0 Å². The Bertz CT molecular complexity index is 227. The van der Waals surface area contributed by atoms with Crippen LogP contribution in [0.4, 0.5) is 0 Å². The van der Waals surface area contributed by atoms with E-state index >= 15 is 0 Å². The zero-order valence-electron chi connectivity index (χ0n) is 11.9. The van der Waals surface area contributed by atoms with Crippen LogP contribution in [-0.2, 0) is 4.74 Å². The fourth-order valence-electron chi connectivity index (χ4n) is 3.75. The third kappa shape index (κ3) is 3.69. The van der Waals surface area contributed by atoms with Crippen LogP contribution in [-0.4, -0.2) is 43.3 Å². The van der Waals surface area contributed by atoms with Gasteiger partial charge in [-0.15, -0.1) is 0 Å². The van der Waals surface area contributed by atoms with Gasteiger partial charge in [-0.1, -0.05) is 26.2 Å². The minimum atomic E-state index is 0.466. The van der Waals surface area contributed by atoms with Crippen molar-refractivity contribution in [2.24, 2.45) is 11.7 Å². The first-order chi connectivity index (χ1) is 8.85. The predicted octanol–water partition coefficient (Wildman–Crippen LogP) is 2.39. The Morgan fingerprint density at radius 1 is 1.11 bits per heavy atom. The summed E-state index contributed by atoms with van der Waals surface area (Å²) in [4.78, 5) is 2.75. The van der Waals surface area contributed by atoms with Gasteiger partial charge in [-0.25, -0.2) is 0 Å². The summed E-state index contributed by atoms with van der Waals surface area (Å²) in [6, 6.07) is 0.860. The van der Waals surface area contributed by atoms with Gasteiger partial charge in [-0.2, -0.15) is 0 Å². The molecule has 0 aromatic rings. The molecule has 0 radical (unpaired) electrons. The Labute approximate surface area is 112 Å². The summed E-state index contributed by atoms with van der Waals surface area (Å²) in [7, 11) is 0. The van der Waals surface area contributed by atoms with Crippen molar-refractivity contribution in [2.75, 3.05) is 26.2 Å². The minimum Gasteiger partial charge on any atom is -0.377 e. The number of likely N-dealkylation sites (tertiary alicyclic amines) is 1. The van der Waals surface area contributed by atoms with E-state index in [1.165, 1.54) is 58.0 Å². The van der Waals surface area contributed by atoms with Gasteiger partial charge in [0, 0.05) is 25.7 Å². The lowest BCUT2D eigenvalue weighted by atomic mass is 9.81. The summed E-state index contributed by atoms with van der Waals surface area (Å²) >= 11 is 0. The Hall–Kier alpha value is -0.120. The fraction of sp³-hybridized carbons (Fsp3) is 1.00. The lowest BCUT2D eigenvalue weighted by molar-refractivity contribution is -0.0121. The molecule has 1 aliphatic heterocycles. The van der Waals surface area contributed by atoms with Crippen molar-refractivity contribution in [1.29, 1.82) is 0 Å². The molecule has 18 heavy (non-hydrogen) atoms. The summed E-state index contributed by atoms with van der Waals surface area (Å²) in [5.74, 6) is 0.945. The molecule has 1 heterocycles. The van der Waals surface area contributed by atoms with Crippen LogP contribution in [0.5, 0.6) is 0 Å². The Balaban J connectivity index is 1.77. The fourth-order valence-corrected chi connectivity index (χ4v) is 3.75. The van der Waals surface area contributed by atoms with Gasteiger partial charge in [-0.05, 0) is 31.6 Å². The molecule has 3 nitrogen and oxygen atoms in total. The Morgan fingerprint density at radius 3 is 2.50 bits per heavy atom. The second kappa shape index (κ2) is 7.46. The summed E-state index contributed by atoms with van der Waals surface area (Å²) in [5.41, 5.74) is 5.49. The van der Waals surface area contributed by atoms with E-state index in [4.69, 9.17) is 10.5 Å². The van der Waals surface area contributed by atoms with E-state index in [9.17, 15) is 0 Å². The largest absolute Gasteiger partial charge is 0.377 e. The monoisotopic (exact) mass is 254 g/mol. The first-order valence-corrected chi connectivity index (χ1v) is 7.90. The molecule has 2 aliphatic rings. The molecule has 1 saturated heterocycles. The number of hydrogen-bond acceptors (Lipinski definition) is 3. The van der Waals surface area contributed by atoms with Crippen molar-refractivity contribution < 1.29 is 4.74 Å². The third-order valence-electron chi connectivity index (χ3n) is 4.81. The molecule has 0 amide bonds. The second-order valence-electron chi connectivity index (χ2n) is 5.91. The lowest BCUT2D eigenvalue weighted by Crippen LogP contribution is -2.47. The van der Waals surface area contributed by atoms with Crippen molar-refractivity contribution in [1.82, 2.24) is 4.90 Å². The van der Waals surface area contributed by atoms with Crippen LogP contribution in [0, 0.1) is 5.92 Å². The van der Waals surface area contributed by atoms with E-state index < -0.39 is 0 Å². The number of nitrogens with two attached hydrogens (primary N) is 1. The van der Waals surface area contributed by atoms with Gasteiger partial charge < -0.3 is 10.5 Å². The molecule has 2 N–H and O–H groups in total. The van der Waals surface area contributed by atoms with Gasteiger partial charge in [0.15, 0.2) is 0 Å². The van der Waals surface area contributed by atoms with Crippen LogP contribution in [0.1, 0.15) is 51.9 Å². The normalized spacial score (nSPS) is 31.7. The molecular weight excluding hydrogens is 224 g/mol. The van der Waals surface area contributed by atoms with Crippen LogP contribution in [0.15, 0.2) is 0 Å². The summed E-state index contributed by atoms with van der Waals surface area (Å²) in [6.45, 7) is 6.21. The first kappa shape index (κ1) is 14.3. The second-order valence-corrected chi connectivity index (χ2v) is 5.91. The zero-order valence-corrected chi connectivity index (χ0v) is 11.9. The standard InChI is InChI=1S/C15H30N2O/c1-2-13-5-3-4-6-15(13)17-10-7-14(8-11-17)18-12-9-16/h13-15H,2-12,16H2,1H3. The molecule has 2 unspecified atom stereocenters. The molecule has 2 fully saturated rings. The SMILES string of the molecule is CCC1CCCCC1N1CCC(OCCN)CC1. The molecule has 0 aromatic heterocycles. The highest BCUT2D eigenvalue weighted by molar-refractivity contribution is 4.85. The lowest BCUT2D eigenvalue weighted by Gasteiger charge is -2.43. The van der Waals surface area contributed by atoms with E-state index in [0.29, 0.717) is 12.6 Å². The zero-order chi connectivity index (χ0) is 12.8. The first-order valence-electron chi connectivity index (χ1n) is 7.90. The maximum atomic E-state index is 5.77. The average molecular weight is 254 g/mol. The van der Waals surface area contributed by atoms with E-state index in [2.05, 4.69) is 11.8 Å². The Morgan fingerprint density at radius 2 is 1.83 bits per heavy atom. The number of rotatable bonds is 5. The summed E-state index contributed by atoms with van der Waals surface area (Å²) in [6.07, 6.45) is 9.98. The minimum absolute atomic E-state index is 0.466. The molecule has 0 bridgehead atoms. The molecule has 0 aromatic carbocycles. The molecule has 2 atom stereocenters. The smallest absolute Gasteiger partial charge is 0.0600 e. The van der Waals surface area contributed by atoms with Gasteiger partial charge in [0.2, 0.25) is 0 Å². The third-order valence-corrected chi connectivity index (χ3v) is 4.81. The van der Waals surface area contributed by atoms with Crippen molar-refractivity contribution in [3.63, 3.8) is 0 Å². The van der Waals surface area contributed by atoms with Gasteiger partial charge in [-0.3, -0.25) is 4.90 Å². The van der Waals surface area contributed by atoms with Gasteiger partial charge in [0.25, 0.3) is 0 Å². The van der Waals surface area contributed by atoms with Crippen LogP contribution in [0.25, 0.3) is 0 Å². The van der Waals surface area contributed by atoms with Crippen molar-refractivity contribution in [3.8, 4) is 0 Å². The molecular formula is C15H30N2O. The van der Waals surface area contributed by atoms with E-state index in [0.717, 1.165) is 18.6 Å². The Kier molecular flexibility index (Phi) is 5.93. The highest BCUT2D eigenvalue weighted by Crippen LogP contribution is 2.32. The summed E-state index contributed by atoms with van der Waals surface area (Å²) in [5, 5.41) is 0. The van der Waals surface area contributed by atoms with Crippen LogP contribution in [0.2, 0.25) is 0 Å². The topological polar surface area (TPSA) is 38.5 Å². The number of piperidine rings is 1. The maximum absolute atomic E-state index is 5.77. The highest BCUT2D eigenvalue weighted by Gasteiger charge is 2.31. The number of ether oxygens (including phenoxy) is 1. The van der Waals surface area contributed by atoms with E-state index in [-0.39, 0.29) is 0 Å². The summed E-state index contributed by atoms with van der Waals surface area (Å²) < 4.78 is 5.77. The van der Waals surface area contributed by atoms with Crippen molar-refractivity contribution in [2.45, 2.75) is 64.0 Å². The average Bonchev–Trinajstić information content (AvgIpc) is 2.45. The molecule has 106 valence electrons. The van der Waals surface area contributed by atoms with Gasteiger partial charge in [0.1, 0.15) is 0 Å². The van der Waals surface area contributed by atoms with Gasteiger partial charge >= 0.3 is 0 Å². The predicted molar refractivity (Wildman–Crippen MR) is 75.6 cm³/mol. The molecule has 1 aliphatic carbocycles. The van der Waals surface area contributed by atoms with Crippen LogP contribution in [0.3, 0.4) is 0 Å². The van der Waals surface area contributed by atoms with E-state index in [1.54, 1.807) is 0 Å². The van der Waals surface area contributed by atoms with Crippen LogP contribution < -0.4 is 5.73 Å². The molecule has 3 heteroatoms. The number of hydrogen-bond donors (Lipinski definition) is 1. The number of nitrogens with zero attached hydrogens (tertiary/aromatic N) is 1. The molecule has 2 rings (SSSR count). The highest BCUT2D eigenvalue weighted by atomic mass is 16.5. The maximum Gasteiger partial charge on any atom is 0.0600 e. The van der Waals surface area contributed by atoms with E-state index in [1.807, 2.05) is 0 Å².